The van der Waals surface area contributed by atoms with Crippen molar-refractivity contribution in [2.24, 2.45) is 10.2 Å². The molecule has 6 heteroatoms. The number of nitrogens with zero attached hydrogens (tertiary/aromatic N) is 4. The monoisotopic (exact) mass is 326 g/mol. The number of aryl methyl sites for hydroxylation is 1. The number of nitro groups is 1. The van der Waals surface area contributed by atoms with E-state index in [1.807, 2.05) is 31.2 Å². The summed E-state index contributed by atoms with van der Waals surface area (Å²) in [6.45, 7) is 5.03. The van der Waals surface area contributed by atoms with Crippen LogP contribution in [-0.4, -0.2) is 18.5 Å². The Balaban J connectivity index is 2.14. The van der Waals surface area contributed by atoms with E-state index in [4.69, 9.17) is 0 Å². The molecule has 0 atom stereocenters. The smallest absolute Gasteiger partial charge is 0.272 e. The topological polar surface area (TPSA) is 71.1 Å². The molecule has 0 N–H and O–H groups in total. The summed E-state index contributed by atoms with van der Waals surface area (Å²) in [6.07, 6.45) is 1.68. The summed E-state index contributed by atoms with van der Waals surface area (Å²) in [5, 5.41) is 19.3. The van der Waals surface area contributed by atoms with Gasteiger partial charge in [0.2, 0.25) is 0 Å². The van der Waals surface area contributed by atoms with Gasteiger partial charge < -0.3 is 4.90 Å². The first-order chi connectivity index (χ1) is 11.5. The summed E-state index contributed by atoms with van der Waals surface area (Å²) in [5.74, 6) is 0. The SMILES string of the molecule is CCCN(C)c1ccc(/N=N/c2ccc([N+](=O)[O-])c(CC)c2)cc1. The maximum atomic E-state index is 11.0. The van der Waals surface area contributed by atoms with Gasteiger partial charge in [-0.25, -0.2) is 0 Å². The van der Waals surface area contributed by atoms with E-state index in [0.29, 0.717) is 17.7 Å². The first-order valence-corrected chi connectivity index (χ1v) is 8.05. The fraction of sp³-hybridized carbons (Fsp3) is 0.333. The van der Waals surface area contributed by atoms with Gasteiger partial charge in [-0.3, -0.25) is 10.1 Å². The minimum Gasteiger partial charge on any atom is -0.375 e. The molecule has 0 fully saturated rings. The van der Waals surface area contributed by atoms with Crippen molar-refractivity contribution in [3.8, 4) is 0 Å². The van der Waals surface area contributed by atoms with Gasteiger partial charge in [0.05, 0.1) is 16.3 Å². The zero-order chi connectivity index (χ0) is 17.5. The summed E-state index contributed by atoms with van der Waals surface area (Å²) >= 11 is 0. The molecule has 2 aromatic rings. The maximum absolute atomic E-state index is 11.0. The number of nitro benzene ring substituents is 1. The molecule has 0 radical (unpaired) electrons. The number of azo groups is 1. The summed E-state index contributed by atoms with van der Waals surface area (Å²) < 4.78 is 0. The Labute approximate surface area is 142 Å². The van der Waals surface area contributed by atoms with Crippen molar-refractivity contribution in [3.63, 3.8) is 0 Å². The van der Waals surface area contributed by atoms with Gasteiger partial charge in [0.15, 0.2) is 0 Å². The third-order valence-corrected chi connectivity index (χ3v) is 3.77. The fourth-order valence-electron chi connectivity index (χ4n) is 2.45. The van der Waals surface area contributed by atoms with Gasteiger partial charge in [0.1, 0.15) is 0 Å². The molecular formula is C18H22N4O2. The van der Waals surface area contributed by atoms with E-state index in [2.05, 4.69) is 29.1 Å². The third-order valence-electron chi connectivity index (χ3n) is 3.77. The lowest BCUT2D eigenvalue weighted by molar-refractivity contribution is -0.385. The number of rotatable bonds is 7. The van der Waals surface area contributed by atoms with E-state index in [0.717, 1.165) is 24.3 Å². The molecule has 2 aromatic carbocycles. The molecular weight excluding hydrogens is 304 g/mol. The molecule has 0 aliphatic rings. The van der Waals surface area contributed by atoms with Crippen molar-refractivity contribution >= 4 is 22.7 Å². The van der Waals surface area contributed by atoms with Gasteiger partial charge in [0, 0.05) is 30.9 Å². The van der Waals surface area contributed by atoms with Gasteiger partial charge >= 0.3 is 0 Å². The van der Waals surface area contributed by atoms with E-state index in [1.54, 1.807) is 12.1 Å². The van der Waals surface area contributed by atoms with Crippen molar-refractivity contribution in [1.29, 1.82) is 0 Å². The standard InChI is InChI=1S/C18H22N4O2/c1-4-12-21(3)17-9-6-15(7-10-17)19-20-16-8-11-18(22(23)24)14(5-2)13-16/h6-11,13H,4-5,12H2,1-3H3/b20-19+. The van der Waals surface area contributed by atoms with Crippen LogP contribution < -0.4 is 4.90 Å². The molecule has 0 amide bonds. The van der Waals surface area contributed by atoms with Gasteiger partial charge in [-0.1, -0.05) is 13.8 Å². The van der Waals surface area contributed by atoms with Crippen LogP contribution in [0.2, 0.25) is 0 Å². The lowest BCUT2D eigenvalue weighted by Crippen LogP contribution is -2.17. The fourth-order valence-corrected chi connectivity index (χ4v) is 2.45. The Bertz CT molecular complexity index is 726. The minimum absolute atomic E-state index is 0.125. The van der Waals surface area contributed by atoms with Crippen LogP contribution in [0.15, 0.2) is 52.7 Å². The van der Waals surface area contributed by atoms with Crippen LogP contribution in [0.4, 0.5) is 22.7 Å². The summed E-state index contributed by atoms with van der Waals surface area (Å²) in [5.41, 5.74) is 3.29. The molecule has 2 rings (SSSR count). The molecule has 0 unspecified atom stereocenters. The summed E-state index contributed by atoms with van der Waals surface area (Å²) in [7, 11) is 2.06. The Morgan fingerprint density at radius 2 is 1.67 bits per heavy atom. The van der Waals surface area contributed by atoms with E-state index >= 15 is 0 Å². The van der Waals surface area contributed by atoms with Gasteiger partial charge in [-0.15, -0.1) is 0 Å². The average Bonchev–Trinajstić information content (AvgIpc) is 2.60. The van der Waals surface area contributed by atoms with Crippen LogP contribution in [0.1, 0.15) is 25.8 Å². The molecule has 126 valence electrons. The molecule has 0 aromatic heterocycles. The Morgan fingerprint density at radius 3 is 2.25 bits per heavy atom. The van der Waals surface area contributed by atoms with E-state index in [1.165, 1.54) is 6.07 Å². The quantitative estimate of drug-likeness (QED) is 0.387. The van der Waals surface area contributed by atoms with Crippen molar-refractivity contribution in [2.45, 2.75) is 26.7 Å². The van der Waals surface area contributed by atoms with Crippen LogP contribution >= 0.6 is 0 Å². The maximum Gasteiger partial charge on any atom is 0.272 e. The van der Waals surface area contributed by atoms with Crippen LogP contribution in [0.3, 0.4) is 0 Å². The Hall–Kier alpha value is -2.76. The highest BCUT2D eigenvalue weighted by Crippen LogP contribution is 2.27. The molecule has 0 bridgehead atoms. The van der Waals surface area contributed by atoms with E-state index in [9.17, 15) is 10.1 Å². The Kier molecular flexibility index (Phi) is 6.01. The lowest BCUT2D eigenvalue weighted by Gasteiger charge is -2.17. The molecule has 6 nitrogen and oxygen atoms in total. The molecule has 0 saturated carbocycles. The van der Waals surface area contributed by atoms with Crippen LogP contribution in [0, 0.1) is 10.1 Å². The predicted molar refractivity (Wildman–Crippen MR) is 96.7 cm³/mol. The zero-order valence-electron chi connectivity index (χ0n) is 14.3. The molecule has 0 saturated heterocycles. The minimum atomic E-state index is -0.370. The van der Waals surface area contributed by atoms with Crippen molar-refractivity contribution < 1.29 is 4.92 Å². The molecule has 0 heterocycles. The first-order valence-electron chi connectivity index (χ1n) is 8.05. The number of anilines is 1. The van der Waals surface area contributed by atoms with Crippen LogP contribution in [-0.2, 0) is 6.42 Å². The molecule has 0 aliphatic heterocycles. The first kappa shape index (κ1) is 17.6. The molecule has 0 spiro atoms. The Morgan fingerprint density at radius 1 is 1.04 bits per heavy atom. The number of benzene rings is 2. The van der Waals surface area contributed by atoms with Crippen molar-refractivity contribution in [1.82, 2.24) is 0 Å². The highest BCUT2D eigenvalue weighted by atomic mass is 16.6. The molecule has 0 aliphatic carbocycles. The number of hydrogen-bond donors (Lipinski definition) is 0. The summed E-state index contributed by atoms with van der Waals surface area (Å²) in [4.78, 5) is 12.8. The third kappa shape index (κ3) is 4.38. The number of hydrogen-bond acceptors (Lipinski definition) is 5. The highest BCUT2D eigenvalue weighted by molar-refractivity contribution is 5.53. The predicted octanol–water partition coefficient (Wildman–Crippen LogP) is 5.42. The van der Waals surface area contributed by atoms with Gasteiger partial charge in [0.25, 0.3) is 5.69 Å². The normalized spacial score (nSPS) is 11.0. The van der Waals surface area contributed by atoms with Gasteiger partial charge in [-0.2, -0.15) is 10.2 Å². The van der Waals surface area contributed by atoms with Gasteiger partial charge in [-0.05, 0) is 49.2 Å². The van der Waals surface area contributed by atoms with Crippen molar-refractivity contribution in [3.05, 3.63) is 58.1 Å². The second kappa shape index (κ2) is 8.19. The second-order valence-corrected chi connectivity index (χ2v) is 5.56. The van der Waals surface area contributed by atoms with E-state index in [-0.39, 0.29) is 10.6 Å². The zero-order valence-corrected chi connectivity index (χ0v) is 14.3. The largest absolute Gasteiger partial charge is 0.375 e. The van der Waals surface area contributed by atoms with E-state index < -0.39 is 0 Å². The second-order valence-electron chi connectivity index (χ2n) is 5.56. The van der Waals surface area contributed by atoms with Crippen LogP contribution in [0.5, 0.6) is 0 Å². The van der Waals surface area contributed by atoms with Crippen LogP contribution in [0.25, 0.3) is 0 Å². The summed E-state index contributed by atoms with van der Waals surface area (Å²) in [6, 6.07) is 12.7. The average molecular weight is 326 g/mol. The van der Waals surface area contributed by atoms with Crippen molar-refractivity contribution in [2.75, 3.05) is 18.5 Å². The lowest BCUT2D eigenvalue weighted by atomic mass is 10.1. The highest BCUT2D eigenvalue weighted by Gasteiger charge is 2.12. The molecule has 24 heavy (non-hydrogen) atoms.